The molecule has 3 heteroatoms. The lowest BCUT2D eigenvalue weighted by atomic mass is 10.1. The van der Waals surface area contributed by atoms with Crippen molar-refractivity contribution in [3.05, 3.63) is 58.7 Å². The molecule has 1 radical (unpaired) electrons. The van der Waals surface area contributed by atoms with Crippen LogP contribution in [-0.4, -0.2) is 7.69 Å². The van der Waals surface area contributed by atoms with Gasteiger partial charge in [-0.05, 0) is 62.1 Å². The number of benzene rings is 2. The first kappa shape index (κ1) is 13.5. The predicted molar refractivity (Wildman–Crippen MR) is 78.8 cm³/mol. The number of rotatable bonds is 4. The third-order valence-corrected chi connectivity index (χ3v) is 3.04. The summed E-state index contributed by atoms with van der Waals surface area (Å²) in [6, 6.07) is 12.2. The smallest absolute Gasteiger partial charge is 0.526 e. The molecular formula is C16H18BO2. The van der Waals surface area contributed by atoms with Crippen LogP contribution < -0.4 is 9.31 Å². The highest BCUT2D eigenvalue weighted by Gasteiger charge is 2.06. The van der Waals surface area contributed by atoms with Gasteiger partial charge in [0.15, 0.2) is 0 Å². The molecule has 0 aliphatic carbocycles. The molecular weight excluding hydrogens is 235 g/mol. The first-order valence-electron chi connectivity index (χ1n) is 6.36. The fourth-order valence-electron chi connectivity index (χ4n) is 1.80. The van der Waals surface area contributed by atoms with Crippen LogP contribution in [0.5, 0.6) is 11.5 Å². The summed E-state index contributed by atoms with van der Waals surface area (Å²) in [6.45, 7) is 8.11. The van der Waals surface area contributed by atoms with Gasteiger partial charge >= 0.3 is 7.69 Å². The van der Waals surface area contributed by atoms with Gasteiger partial charge < -0.3 is 9.31 Å². The monoisotopic (exact) mass is 253 g/mol. The second-order valence-electron chi connectivity index (χ2n) is 4.87. The van der Waals surface area contributed by atoms with Gasteiger partial charge in [-0.15, -0.1) is 0 Å². The molecule has 0 heterocycles. The normalized spacial score (nSPS) is 10.1. The molecule has 2 nitrogen and oxygen atoms in total. The minimum Gasteiger partial charge on any atom is -0.526 e. The van der Waals surface area contributed by atoms with Gasteiger partial charge in [0, 0.05) is 0 Å². The summed E-state index contributed by atoms with van der Waals surface area (Å²) in [4.78, 5) is 0. The standard InChI is InChI=1S/C16H18BO2/c1-11-5-7-13(3)15(9-11)18-17-19-16-10-12(2)6-8-14(16)4/h5-10H,1-4H3. The maximum atomic E-state index is 5.57. The molecule has 0 aliphatic rings. The fraction of sp³-hybridized carbons (Fsp3) is 0.250. The molecule has 0 N–H and O–H groups in total. The van der Waals surface area contributed by atoms with Crippen LogP contribution >= 0.6 is 0 Å². The number of aryl methyl sites for hydroxylation is 4. The van der Waals surface area contributed by atoms with E-state index in [4.69, 9.17) is 9.31 Å². The minimum absolute atomic E-state index is 0.824. The van der Waals surface area contributed by atoms with Crippen molar-refractivity contribution in [1.82, 2.24) is 0 Å². The first-order chi connectivity index (χ1) is 9.06. The molecule has 2 rings (SSSR count). The molecule has 2 aromatic rings. The molecule has 0 amide bonds. The highest BCUT2D eigenvalue weighted by molar-refractivity contribution is 6.20. The zero-order chi connectivity index (χ0) is 13.8. The summed E-state index contributed by atoms with van der Waals surface area (Å²) in [7, 11) is 1.39. The average molecular weight is 253 g/mol. The predicted octanol–water partition coefficient (Wildman–Crippen LogP) is 3.91. The Bertz CT molecular complexity index is 527. The van der Waals surface area contributed by atoms with Crippen LogP contribution in [0.3, 0.4) is 0 Å². The lowest BCUT2D eigenvalue weighted by Gasteiger charge is -2.11. The van der Waals surface area contributed by atoms with E-state index in [1.165, 1.54) is 18.8 Å². The van der Waals surface area contributed by atoms with Crippen LogP contribution in [0, 0.1) is 27.7 Å². The molecule has 0 spiro atoms. The summed E-state index contributed by atoms with van der Waals surface area (Å²) >= 11 is 0. The van der Waals surface area contributed by atoms with E-state index < -0.39 is 0 Å². The molecule has 0 unspecified atom stereocenters. The highest BCUT2D eigenvalue weighted by Crippen LogP contribution is 2.21. The van der Waals surface area contributed by atoms with Gasteiger partial charge in [0.05, 0.1) is 0 Å². The maximum Gasteiger partial charge on any atom is 0.658 e. The van der Waals surface area contributed by atoms with Crippen LogP contribution in [0.25, 0.3) is 0 Å². The molecule has 0 saturated carbocycles. The summed E-state index contributed by atoms with van der Waals surface area (Å²) in [5, 5.41) is 0. The van der Waals surface area contributed by atoms with E-state index in [0.717, 1.165) is 22.6 Å². The zero-order valence-corrected chi connectivity index (χ0v) is 11.9. The molecule has 19 heavy (non-hydrogen) atoms. The van der Waals surface area contributed by atoms with Crippen molar-refractivity contribution in [3.63, 3.8) is 0 Å². The molecule has 0 aromatic heterocycles. The van der Waals surface area contributed by atoms with Crippen LogP contribution in [0.15, 0.2) is 36.4 Å². The van der Waals surface area contributed by atoms with Gasteiger partial charge in [0.1, 0.15) is 11.5 Å². The Labute approximate surface area is 115 Å². The highest BCUT2D eigenvalue weighted by atomic mass is 16.6. The van der Waals surface area contributed by atoms with E-state index in [1.807, 2.05) is 52.0 Å². The SMILES string of the molecule is Cc1ccc(C)c(O[B]Oc2cc(C)ccc2C)c1. The minimum atomic E-state index is 0.824. The van der Waals surface area contributed by atoms with E-state index in [1.54, 1.807) is 0 Å². The Kier molecular flexibility index (Phi) is 4.15. The van der Waals surface area contributed by atoms with Crippen molar-refractivity contribution in [1.29, 1.82) is 0 Å². The van der Waals surface area contributed by atoms with E-state index in [2.05, 4.69) is 12.1 Å². The van der Waals surface area contributed by atoms with E-state index in [-0.39, 0.29) is 0 Å². The summed E-state index contributed by atoms with van der Waals surface area (Å²) < 4.78 is 11.1. The molecule has 0 aliphatic heterocycles. The van der Waals surface area contributed by atoms with Crippen LogP contribution in [0.2, 0.25) is 0 Å². The largest absolute Gasteiger partial charge is 0.658 e. The Morgan fingerprint density at radius 3 is 1.53 bits per heavy atom. The Hall–Kier alpha value is -1.90. The third kappa shape index (κ3) is 3.54. The number of hydrogen-bond donors (Lipinski definition) is 0. The van der Waals surface area contributed by atoms with E-state index in [9.17, 15) is 0 Å². The Balaban J connectivity index is 2.00. The third-order valence-electron chi connectivity index (χ3n) is 3.04. The van der Waals surface area contributed by atoms with Crippen molar-refractivity contribution in [2.24, 2.45) is 0 Å². The van der Waals surface area contributed by atoms with Gasteiger partial charge in [-0.25, -0.2) is 0 Å². The second kappa shape index (κ2) is 5.83. The number of hydrogen-bond acceptors (Lipinski definition) is 2. The summed E-state index contributed by atoms with van der Waals surface area (Å²) in [6.07, 6.45) is 0. The topological polar surface area (TPSA) is 18.5 Å². The molecule has 0 fully saturated rings. The molecule has 97 valence electrons. The zero-order valence-electron chi connectivity index (χ0n) is 11.9. The molecule has 2 aromatic carbocycles. The van der Waals surface area contributed by atoms with Crippen molar-refractivity contribution < 1.29 is 9.31 Å². The van der Waals surface area contributed by atoms with Gasteiger partial charge in [-0.2, -0.15) is 0 Å². The van der Waals surface area contributed by atoms with Crippen LogP contribution in [0.4, 0.5) is 0 Å². The summed E-state index contributed by atoms with van der Waals surface area (Å²) in [5.41, 5.74) is 4.51. The van der Waals surface area contributed by atoms with Crippen LogP contribution in [0.1, 0.15) is 22.3 Å². The van der Waals surface area contributed by atoms with Crippen molar-refractivity contribution >= 4 is 7.69 Å². The van der Waals surface area contributed by atoms with Crippen molar-refractivity contribution in [3.8, 4) is 11.5 Å². The van der Waals surface area contributed by atoms with E-state index in [0.29, 0.717) is 0 Å². The second-order valence-corrected chi connectivity index (χ2v) is 4.87. The fourth-order valence-corrected chi connectivity index (χ4v) is 1.80. The van der Waals surface area contributed by atoms with Crippen molar-refractivity contribution in [2.75, 3.05) is 0 Å². The van der Waals surface area contributed by atoms with Crippen molar-refractivity contribution in [2.45, 2.75) is 27.7 Å². The van der Waals surface area contributed by atoms with Crippen LogP contribution in [-0.2, 0) is 0 Å². The molecule has 0 bridgehead atoms. The average Bonchev–Trinajstić information content (AvgIpc) is 2.38. The lowest BCUT2D eigenvalue weighted by Crippen LogP contribution is -2.12. The van der Waals surface area contributed by atoms with E-state index >= 15 is 0 Å². The maximum absolute atomic E-state index is 5.57. The molecule has 0 atom stereocenters. The molecule has 0 saturated heterocycles. The van der Waals surface area contributed by atoms with Gasteiger partial charge in [-0.1, -0.05) is 24.3 Å². The van der Waals surface area contributed by atoms with Gasteiger partial charge in [-0.3, -0.25) is 0 Å². The lowest BCUT2D eigenvalue weighted by molar-refractivity contribution is 0.455. The Morgan fingerprint density at radius 1 is 0.684 bits per heavy atom. The Morgan fingerprint density at radius 2 is 1.11 bits per heavy atom. The quantitative estimate of drug-likeness (QED) is 0.769. The van der Waals surface area contributed by atoms with Gasteiger partial charge in [0.25, 0.3) is 0 Å². The van der Waals surface area contributed by atoms with Gasteiger partial charge in [0.2, 0.25) is 0 Å². The first-order valence-corrected chi connectivity index (χ1v) is 6.36. The summed E-state index contributed by atoms with van der Waals surface area (Å²) in [5.74, 6) is 1.65.